The molecule has 0 radical (unpaired) electrons. The highest BCUT2D eigenvalue weighted by molar-refractivity contribution is 6.28. The van der Waals surface area contributed by atoms with Crippen molar-refractivity contribution in [2.75, 3.05) is 12.5 Å². The van der Waals surface area contributed by atoms with E-state index in [0.717, 1.165) is 0 Å². The zero-order valence-corrected chi connectivity index (χ0v) is 7.39. The molecule has 1 aromatic rings. The van der Waals surface area contributed by atoms with Crippen LogP contribution in [0.3, 0.4) is 0 Å². The molecule has 0 saturated heterocycles. The average Bonchev–Trinajstić information content (AvgIpc) is 1.99. The molecule has 1 heterocycles. The molecule has 1 N–H and O–H groups in total. The Morgan fingerprint density at radius 3 is 2.83 bits per heavy atom. The van der Waals surface area contributed by atoms with Gasteiger partial charge in [0.2, 0.25) is 5.28 Å². The van der Waals surface area contributed by atoms with Gasteiger partial charge in [0.1, 0.15) is 6.61 Å². The molecule has 0 aromatic carbocycles. The van der Waals surface area contributed by atoms with Gasteiger partial charge in [-0.15, -0.1) is 16.6 Å². The quantitative estimate of drug-likeness (QED) is 0.734. The fraction of sp³-hybridized carbons (Fsp3) is 0.400. The van der Waals surface area contributed by atoms with Crippen LogP contribution in [0, 0.1) is 0 Å². The van der Waals surface area contributed by atoms with E-state index in [2.05, 4.69) is 15.0 Å². The van der Waals surface area contributed by atoms with Crippen molar-refractivity contribution in [2.24, 2.45) is 0 Å². The highest BCUT2D eigenvalue weighted by Gasteiger charge is 2.00. The van der Waals surface area contributed by atoms with Crippen LogP contribution in [0.25, 0.3) is 0 Å². The van der Waals surface area contributed by atoms with Gasteiger partial charge in [0.05, 0.1) is 5.88 Å². The molecule has 1 rings (SSSR count). The number of alkyl halides is 1. The topological polar surface area (TPSA) is 67.9 Å². The first-order chi connectivity index (χ1) is 5.72. The largest absolute Gasteiger partial charge is 0.462 e. The molecule has 0 spiro atoms. The third kappa shape index (κ3) is 2.67. The lowest BCUT2D eigenvalue weighted by Crippen LogP contribution is -2.14. The van der Waals surface area contributed by atoms with E-state index in [1.807, 2.05) is 0 Å². The average molecular weight is 210 g/mol. The van der Waals surface area contributed by atoms with Crippen LogP contribution >= 0.6 is 23.2 Å². The Labute approximate surface area is 77.7 Å². The zero-order chi connectivity index (χ0) is 8.97. The van der Waals surface area contributed by atoms with Crippen molar-refractivity contribution in [2.45, 2.75) is 0 Å². The van der Waals surface area contributed by atoms with E-state index < -0.39 is 5.69 Å². The first kappa shape index (κ1) is 9.28. The Balaban J connectivity index is 2.79. The normalized spacial score (nSPS) is 9.83. The van der Waals surface area contributed by atoms with Gasteiger partial charge in [0.15, 0.2) is 0 Å². The minimum Gasteiger partial charge on any atom is -0.462 e. The number of H-pyrrole nitrogens is 1. The lowest BCUT2D eigenvalue weighted by Gasteiger charge is -1.99. The molecule has 66 valence electrons. The van der Waals surface area contributed by atoms with Gasteiger partial charge in [-0.3, -0.25) is 4.98 Å². The molecule has 0 aliphatic heterocycles. The molecular formula is C5H5Cl2N3O2. The van der Waals surface area contributed by atoms with Gasteiger partial charge in [-0.25, -0.2) is 4.79 Å². The molecule has 0 aliphatic carbocycles. The third-order valence-electron chi connectivity index (χ3n) is 0.909. The van der Waals surface area contributed by atoms with Crippen molar-refractivity contribution in [3.63, 3.8) is 0 Å². The summed E-state index contributed by atoms with van der Waals surface area (Å²) in [4.78, 5) is 19.8. The number of hydrogen-bond donors (Lipinski definition) is 1. The third-order valence-corrected chi connectivity index (χ3v) is 1.24. The maximum atomic E-state index is 10.7. The number of halogens is 2. The summed E-state index contributed by atoms with van der Waals surface area (Å²) in [6.07, 6.45) is 0. The second-order valence-corrected chi connectivity index (χ2v) is 2.50. The zero-order valence-electron chi connectivity index (χ0n) is 5.88. The fourth-order valence-electron chi connectivity index (χ4n) is 0.534. The molecule has 0 saturated carbocycles. The summed E-state index contributed by atoms with van der Waals surface area (Å²) < 4.78 is 4.86. The summed E-state index contributed by atoms with van der Waals surface area (Å²) >= 11 is 10.7. The van der Waals surface area contributed by atoms with Crippen LogP contribution in [0.1, 0.15) is 0 Å². The van der Waals surface area contributed by atoms with Crippen LogP contribution in [0.4, 0.5) is 0 Å². The Morgan fingerprint density at radius 1 is 1.50 bits per heavy atom. The molecule has 12 heavy (non-hydrogen) atoms. The van der Waals surface area contributed by atoms with E-state index in [4.69, 9.17) is 27.9 Å². The number of rotatable bonds is 3. The van der Waals surface area contributed by atoms with Gasteiger partial charge in [-0.05, 0) is 11.6 Å². The molecule has 0 fully saturated rings. The van der Waals surface area contributed by atoms with Gasteiger partial charge in [0, 0.05) is 0 Å². The minimum absolute atomic E-state index is 0.0560. The number of aromatic nitrogens is 3. The van der Waals surface area contributed by atoms with E-state index in [-0.39, 0.29) is 17.9 Å². The highest BCUT2D eigenvalue weighted by atomic mass is 35.5. The predicted octanol–water partition coefficient (Wildman–Crippen LogP) is 0.436. The molecule has 0 bridgehead atoms. The summed E-state index contributed by atoms with van der Waals surface area (Å²) in [7, 11) is 0. The molecule has 0 unspecified atom stereocenters. The van der Waals surface area contributed by atoms with Gasteiger partial charge in [-0.1, -0.05) is 0 Å². The molecule has 5 nitrogen and oxygen atoms in total. The maximum absolute atomic E-state index is 10.7. The highest BCUT2D eigenvalue weighted by Crippen LogP contribution is 2.01. The van der Waals surface area contributed by atoms with E-state index in [0.29, 0.717) is 5.88 Å². The van der Waals surface area contributed by atoms with E-state index >= 15 is 0 Å². The Kier molecular flexibility index (Phi) is 3.31. The minimum atomic E-state index is -0.598. The van der Waals surface area contributed by atoms with Crippen molar-refractivity contribution < 1.29 is 4.74 Å². The lowest BCUT2D eigenvalue weighted by molar-refractivity contribution is 0.312. The number of hydrogen-bond acceptors (Lipinski definition) is 4. The smallest absolute Gasteiger partial charge is 0.351 e. The fourth-order valence-corrected chi connectivity index (χ4v) is 0.765. The predicted molar refractivity (Wildman–Crippen MR) is 43.9 cm³/mol. The monoisotopic (exact) mass is 209 g/mol. The van der Waals surface area contributed by atoms with Crippen molar-refractivity contribution in [3.8, 4) is 6.01 Å². The number of nitrogens with zero attached hydrogens (tertiary/aromatic N) is 2. The van der Waals surface area contributed by atoms with Crippen LogP contribution in [0.15, 0.2) is 4.79 Å². The number of nitrogens with one attached hydrogen (secondary N) is 1. The summed E-state index contributed by atoms with van der Waals surface area (Å²) in [5.41, 5.74) is -0.598. The first-order valence-electron chi connectivity index (χ1n) is 3.05. The molecular weight excluding hydrogens is 205 g/mol. The van der Waals surface area contributed by atoms with Crippen molar-refractivity contribution in [3.05, 3.63) is 15.8 Å². The van der Waals surface area contributed by atoms with Gasteiger partial charge >= 0.3 is 11.7 Å². The molecule has 7 heteroatoms. The SMILES string of the molecule is O=c1nc(OCCCl)nc(Cl)[nH]1. The van der Waals surface area contributed by atoms with E-state index in [1.165, 1.54) is 0 Å². The van der Waals surface area contributed by atoms with Crippen LogP contribution in [-0.2, 0) is 0 Å². The van der Waals surface area contributed by atoms with Gasteiger partial charge in [0.25, 0.3) is 0 Å². The second-order valence-electron chi connectivity index (χ2n) is 1.76. The van der Waals surface area contributed by atoms with E-state index in [1.54, 1.807) is 0 Å². The molecule has 0 amide bonds. The Hall–Kier alpha value is -0.810. The lowest BCUT2D eigenvalue weighted by atomic mass is 10.8. The molecule has 1 aromatic heterocycles. The second kappa shape index (κ2) is 4.27. The summed E-state index contributed by atoms with van der Waals surface area (Å²) in [5.74, 6) is 0.299. The standard InChI is InChI=1S/C5H5Cl2N3O2/c6-1-2-12-5-9-3(7)8-4(11)10-5/h1-2H2,(H,8,9,10,11). The van der Waals surface area contributed by atoms with Crippen LogP contribution in [-0.4, -0.2) is 27.4 Å². The van der Waals surface area contributed by atoms with Crippen molar-refractivity contribution in [1.82, 2.24) is 15.0 Å². The molecule has 0 atom stereocenters. The Bertz CT molecular complexity index is 314. The van der Waals surface area contributed by atoms with Crippen molar-refractivity contribution >= 4 is 23.2 Å². The summed E-state index contributed by atoms with van der Waals surface area (Å²) in [6.45, 7) is 0.237. The summed E-state index contributed by atoms with van der Waals surface area (Å²) in [6, 6.07) is -0.0654. The van der Waals surface area contributed by atoms with Crippen LogP contribution in [0.5, 0.6) is 6.01 Å². The van der Waals surface area contributed by atoms with Crippen molar-refractivity contribution in [1.29, 1.82) is 0 Å². The van der Waals surface area contributed by atoms with Crippen LogP contribution in [0.2, 0.25) is 5.28 Å². The molecule has 0 aliphatic rings. The number of aromatic amines is 1. The number of ether oxygens (including phenoxy) is 1. The van der Waals surface area contributed by atoms with Gasteiger partial charge < -0.3 is 4.74 Å². The summed E-state index contributed by atoms with van der Waals surface area (Å²) in [5, 5.41) is -0.0560. The van der Waals surface area contributed by atoms with Gasteiger partial charge in [-0.2, -0.15) is 4.98 Å². The maximum Gasteiger partial charge on any atom is 0.351 e. The van der Waals surface area contributed by atoms with E-state index in [9.17, 15) is 4.79 Å². The Morgan fingerprint density at radius 2 is 2.25 bits per heavy atom. The van der Waals surface area contributed by atoms with Crippen LogP contribution < -0.4 is 10.4 Å². The first-order valence-corrected chi connectivity index (χ1v) is 3.96.